The molecule has 0 amide bonds. The van der Waals surface area contributed by atoms with E-state index >= 15 is 0 Å². The van der Waals surface area contributed by atoms with E-state index < -0.39 is 5.41 Å². The van der Waals surface area contributed by atoms with Gasteiger partial charge in [0.15, 0.2) is 17.5 Å². The fourth-order valence-electron chi connectivity index (χ4n) is 9.61. The topological polar surface area (TPSA) is 51.8 Å². The highest BCUT2D eigenvalue weighted by atomic mass is 16.3. The van der Waals surface area contributed by atoms with Crippen molar-refractivity contribution in [3.63, 3.8) is 0 Å². The third-order valence-corrected chi connectivity index (χ3v) is 12.0. The predicted octanol–water partition coefficient (Wildman–Crippen LogP) is 13.0. The second-order valence-corrected chi connectivity index (χ2v) is 15.0. The van der Waals surface area contributed by atoms with Gasteiger partial charge < -0.3 is 4.42 Å². The highest BCUT2D eigenvalue weighted by molar-refractivity contribution is 6.13. The number of benzene rings is 7. The monoisotopic (exact) mass is 727 g/mol. The smallest absolute Gasteiger partial charge is 0.164 e. The van der Waals surface area contributed by atoms with Gasteiger partial charge in [0.2, 0.25) is 0 Å². The van der Waals surface area contributed by atoms with E-state index in [1.54, 1.807) is 0 Å². The van der Waals surface area contributed by atoms with Crippen molar-refractivity contribution in [2.75, 3.05) is 0 Å². The molecule has 7 aromatic carbocycles. The number of fused-ring (bicyclic) bond motifs is 12. The molecule has 1 spiro atoms. The maximum Gasteiger partial charge on any atom is 0.164 e. The van der Waals surface area contributed by atoms with Crippen molar-refractivity contribution in [2.24, 2.45) is 0 Å². The molecule has 3 aliphatic carbocycles. The van der Waals surface area contributed by atoms with Gasteiger partial charge in [-0.3, -0.25) is 0 Å². The van der Waals surface area contributed by atoms with Gasteiger partial charge >= 0.3 is 0 Å². The summed E-state index contributed by atoms with van der Waals surface area (Å²) in [6.07, 6.45) is 9.96. The maximum atomic E-state index is 6.55. The van der Waals surface area contributed by atoms with Crippen LogP contribution in [-0.4, -0.2) is 15.0 Å². The van der Waals surface area contributed by atoms with Crippen LogP contribution in [0.5, 0.6) is 0 Å². The average Bonchev–Trinajstić information content (AvgIpc) is 3.81. The highest BCUT2D eigenvalue weighted by Gasteiger charge is 2.52. The maximum absolute atomic E-state index is 6.55. The van der Waals surface area contributed by atoms with Gasteiger partial charge in [0, 0.05) is 27.5 Å². The summed E-state index contributed by atoms with van der Waals surface area (Å²) < 4.78 is 6.55. The molecular weight excluding hydrogens is 695 g/mol. The molecule has 9 aromatic rings. The lowest BCUT2D eigenvalue weighted by molar-refractivity contribution is 0.669. The van der Waals surface area contributed by atoms with Crippen molar-refractivity contribution in [1.29, 1.82) is 0 Å². The third-order valence-electron chi connectivity index (χ3n) is 12.0. The van der Waals surface area contributed by atoms with Crippen LogP contribution in [0.25, 0.3) is 83.9 Å². The zero-order chi connectivity index (χ0) is 37.5. The van der Waals surface area contributed by atoms with Crippen LogP contribution in [0.15, 0.2) is 198 Å². The van der Waals surface area contributed by atoms with Crippen LogP contribution in [-0.2, 0) is 5.41 Å². The van der Waals surface area contributed by atoms with Crippen molar-refractivity contribution in [3.05, 3.63) is 216 Å². The van der Waals surface area contributed by atoms with E-state index in [0.717, 1.165) is 56.2 Å². The first-order valence-electron chi connectivity index (χ1n) is 19.5. The van der Waals surface area contributed by atoms with Crippen molar-refractivity contribution in [2.45, 2.75) is 11.8 Å². The molecule has 0 N–H and O–H groups in total. The molecule has 2 aromatic heterocycles. The Kier molecular flexibility index (Phi) is 6.87. The van der Waals surface area contributed by atoms with E-state index in [0.29, 0.717) is 17.5 Å². The number of nitrogens with zero attached hydrogens (tertiary/aromatic N) is 3. The minimum absolute atomic E-state index is 0.401. The summed E-state index contributed by atoms with van der Waals surface area (Å²) in [5.41, 5.74) is 17.0. The third kappa shape index (κ3) is 4.65. The first-order valence-corrected chi connectivity index (χ1v) is 19.5. The van der Waals surface area contributed by atoms with Crippen LogP contribution in [0, 0.1) is 0 Å². The van der Waals surface area contributed by atoms with Gasteiger partial charge in [0.25, 0.3) is 0 Å². The summed E-state index contributed by atoms with van der Waals surface area (Å²) in [5, 5.41) is 2.01. The van der Waals surface area contributed by atoms with Gasteiger partial charge in [-0.2, -0.15) is 0 Å². The second-order valence-electron chi connectivity index (χ2n) is 15.0. The van der Waals surface area contributed by atoms with Gasteiger partial charge in [0.1, 0.15) is 11.2 Å². The number of allylic oxidation sites excluding steroid dienone is 6. The van der Waals surface area contributed by atoms with Crippen molar-refractivity contribution in [1.82, 2.24) is 15.0 Å². The first-order chi connectivity index (χ1) is 28.3. The number of hydrogen-bond acceptors (Lipinski definition) is 4. The van der Waals surface area contributed by atoms with Crippen molar-refractivity contribution < 1.29 is 4.42 Å². The standard InChI is InChI=1S/C53H33N3O/c1-4-15-33(16-5-1)50-54-51(34-17-6-2-7-18-34)56-52(55-50)41-22-14-26-48-49(41)42-31-35(28-30-47(42)57-48)36-27-29-40-39-21-11-13-25-45(39)53(46(40)32-36)43-23-9-3-8-19-37(43)38-20-10-12-24-44(38)53/h1-18,20-32H,19H2. The molecule has 0 aliphatic heterocycles. The Morgan fingerprint density at radius 1 is 0.439 bits per heavy atom. The van der Waals surface area contributed by atoms with Crippen LogP contribution in [0.1, 0.15) is 28.7 Å². The lowest BCUT2D eigenvalue weighted by Gasteiger charge is -2.32. The Morgan fingerprint density at radius 2 is 1.05 bits per heavy atom. The van der Waals surface area contributed by atoms with Crippen LogP contribution < -0.4 is 0 Å². The van der Waals surface area contributed by atoms with E-state index in [4.69, 9.17) is 19.4 Å². The lowest BCUT2D eigenvalue weighted by atomic mass is 9.69. The molecule has 4 nitrogen and oxygen atoms in total. The van der Waals surface area contributed by atoms with E-state index in [1.165, 1.54) is 44.5 Å². The summed E-state index contributed by atoms with van der Waals surface area (Å²) in [6, 6.07) is 58.0. The van der Waals surface area contributed by atoms with Crippen molar-refractivity contribution in [3.8, 4) is 56.4 Å². The van der Waals surface area contributed by atoms with E-state index in [-0.39, 0.29) is 0 Å². The van der Waals surface area contributed by atoms with Crippen LogP contribution in [0.3, 0.4) is 0 Å². The Hall–Kier alpha value is -7.43. The summed E-state index contributed by atoms with van der Waals surface area (Å²) in [5.74, 6) is 1.86. The van der Waals surface area contributed by atoms with Gasteiger partial charge in [-0.05, 0) is 86.3 Å². The number of hydrogen-bond donors (Lipinski definition) is 0. The molecule has 0 saturated carbocycles. The molecule has 0 bridgehead atoms. The molecule has 0 radical (unpaired) electrons. The summed E-state index contributed by atoms with van der Waals surface area (Å²) >= 11 is 0. The zero-order valence-corrected chi connectivity index (χ0v) is 30.9. The zero-order valence-electron chi connectivity index (χ0n) is 30.9. The Balaban J connectivity index is 1.06. The molecule has 1 unspecified atom stereocenters. The number of furan rings is 1. The van der Waals surface area contributed by atoms with E-state index in [9.17, 15) is 0 Å². The summed E-state index contributed by atoms with van der Waals surface area (Å²) in [7, 11) is 0. The Morgan fingerprint density at radius 3 is 1.82 bits per heavy atom. The minimum Gasteiger partial charge on any atom is -0.456 e. The molecule has 266 valence electrons. The van der Waals surface area contributed by atoms with E-state index in [2.05, 4.69) is 115 Å². The molecule has 57 heavy (non-hydrogen) atoms. The second kappa shape index (κ2) is 12.3. The molecular formula is C53H33N3O. The van der Waals surface area contributed by atoms with Gasteiger partial charge in [-0.15, -0.1) is 0 Å². The molecule has 3 aliphatic rings. The highest BCUT2D eigenvalue weighted by Crippen LogP contribution is 2.63. The quantitative estimate of drug-likeness (QED) is 0.181. The minimum atomic E-state index is -0.401. The Labute approximate surface area is 329 Å². The van der Waals surface area contributed by atoms with E-state index in [1.807, 2.05) is 72.8 Å². The largest absolute Gasteiger partial charge is 0.456 e. The molecule has 4 heteroatoms. The van der Waals surface area contributed by atoms with Gasteiger partial charge in [0.05, 0.1) is 5.41 Å². The number of aromatic nitrogens is 3. The average molecular weight is 728 g/mol. The summed E-state index contributed by atoms with van der Waals surface area (Å²) in [4.78, 5) is 15.1. The molecule has 1 atom stereocenters. The van der Waals surface area contributed by atoms with Crippen LogP contribution in [0.4, 0.5) is 0 Å². The SMILES string of the molecule is C1=CCC2=C(C=C1)C1(c3ccccc32)c2ccccc2-c2ccc(-c3ccc4oc5cccc(-c6nc(-c7ccccc7)nc(-c7ccccc7)n6)c5c4c3)cc21. The van der Waals surface area contributed by atoms with Crippen LogP contribution >= 0.6 is 0 Å². The fraction of sp³-hybridized carbons (Fsp3) is 0.0377. The first kappa shape index (κ1) is 31.9. The van der Waals surface area contributed by atoms with Crippen LogP contribution in [0.2, 0.25) is 0 Å². The van der Waals surface area contributed by atoms with Gasteiger partial charge in [-0.25, -0.2) is 15.0 Å². The van der Waals surface area contributed by atoms with Crippen molar-refractivity contribution >= 4 is 27.5 Å². The molecule has 0 saturated heterocycles. The predicted molar refractivity (Wildman–Crippen MR) is 230 cm³/mol. The Bertz CT molecular complexity index is 3150. The van der Waals surface area contributed by atoms with Gasteiger partial charge in [-0.1, -0.05) is 164 Å². The summed E-state index contributed by atoms with van der Waals surface area (Å²) in [6.45, 7) is 0. The molecule has 12 rings (SSSR count). The molecule has 2 heterocycles. The molecule has 0 fully saturated rings. The lowest BCUT2D eigenvalue weighted by Crippen LogP contribution is -2.26. The number of rotatable bonds is 4. The fourth-order valence-corrected chi connectivity index (χ4v) is 9.61. The normalized spacial score (nSPS) is 16.2.